The first-order valence-corrected chi connectivity index (χ1v) is 6.16. The summed E-state index contributed by atoms with van der Waals surface area (Å²) < 4.78 is 5.02. The number of phenolic OH excluding ortho intramolecular Hbond substituents is 1. The van der Waals surface area contributed by atoms with Gasteiger partial charge < -0.3 is 19.8 Å². The molecule has 21 heavy (non-hydrogen) atoms. The van der Waals surface area contributed by atoms with Gasteiger partial charge >= 0.3 is 6.03 Å². The largest absolute Gasteiger partial charge is 0.504 e. The van der Waals surface area contributed by atoms with Crippen LogP contribution in [0.5, 0.6) is 11.5 Å². The van der Waals surface area contributed by atoms with Crippen molar-refractivity contribution in [3.8, 4) is 11.5 Å². The van der Waals surface area contributed by atoms with Crippen LogP contribution in [0.3, 0.4) is 0 Å². The molecule has 1 atom stereocenters. The molecule has 0 spiro atoms. The van der Waals surface area contributed by atoms with Gasteiger partial charge in [-0.1, -0.05) is 0 Å². The third-order valence-corrected chi connectivity index (χ3v) is 3.37. The minimum absolute atomic E-state index is 0.0413. The first kappa shape index (κ1) is 14.9. The van der Waals surface area contributed by atoms with E-state index in [2.05, 4.69) is 0 Å². The number of methoxy groups -OCH3 is 1. The quantitative estimate of drug-likeness (QED) is 0.807. The van der Waals surface area contributed by atoms with E-state index in [1.807, 2.05) is 0 Å². The number of phenols is 1. The van der Waals surface area contributed by atoms with Gasteiger partial charge in [0.15, 0.2) is 24.0 Å². The van der Waals surface area contributed by atoms with Gasteiger partial charge in [0.05, 0.1) is 12.7 Å². The zero-order chi connectivity index (χ0) is 15.7. The van der Waals surface area contributed by atoms with Crippen LogP contribution in [0.1, 0.15) is 15.9 Å². The maximum atomic E-state index is 11.7. The lowest BCUT2D eigenvalue weighted by Crippen LogP contribution is -2.47. The fourth-order valence-electron chi connectivity index (χ4n) is 2.16. The lowest BCUT2D eigenvalue weighted by molar-refractivity contribution is 0.0733. The van der Waals surface area contributed by atoms with E-state index in [4.69, 9.17) is 4.74 Å². The number of amides is 2. The molecule has 0 aliphatic carbocycles. The van der Waals surface area contributed by atoms with Gasteiger partial charge in [-0.15, -0.1) is 0 Å². The van der Waals surface area contributed by atoms with Crippen molar-refractivity contribution in [1.82, 2.24) is 9.80 Å². The van der Waals surface area contributed by atoms with Crippen LogP contribution >= 0.6 is 0 Å². The van der Waals surface area contributed by atoms with E-state index >= 15 is 0 Å². The molecule has 2 rings (SSSR count). The summed E-state index contributed by atoms with van der Waals surface area (Å²) in [5.74, 6) is -0.148. The van der Waals surface area contributed by atoms with Crippen LogP contribution in [0.15, 0.2) is 18.3 Å². The monoisotopic (exact) mass is 292 g/mol. The van der Waals surface area contributed by atoms with Gasteiger partial charge in [-0.2, -0.15) is 0 Å². The average Bonchev–Trinajstić information content (AvgIpc) is 2.49. The number of likely N-dealkylation sites (N-methyl/N-ethyl adjacent to an activating group) is 1. The van der Waals surface area contributed by atoms with Crippen LogP contribution < -0.4 is 4.74 Å². The van der Waals surface area contributed by atoms with E-state index in [9.17, 15) is 19.8 Å². The molecule has 1 aromatic carbocycles. The van der Waals surface area contributed by atoms with Crippen molar-refractivity contribution in [2.24, 2.45) is 0 Å². The number of benzene rings is 1. The zero-order valence-corrected chi connectivity index (χ0v) is 11.9. The minimum atomic E-state index is -1.15. The van der Waals surface area contributed by atoms with Crippen LogP contribution in [0.25, 0.3) is 5.57 Å². The van der Waals surface area contributed by atoms with E-state index in [0.29, 0.717) is 17.4 Å². The molecule has 0 saturated heterocycles. The molecule has 112 valence electrons. The Labute approximate surface area is 121 Å². The zero-order valence-electron chi connectivity index (χ0n) is 11.9. The van der Waals surface area contributed by atoms with Crippen LogP contribution in [0, 0.1) is 0 Å². The van der Waals surface area contributed by atoms with Crippen LogP contribution in [0.2, 0.25) is 0 Å². The Bertz CT molecular complexity index is 626. The number of aliphatic hydroxyl groups excluding tert-OH is 1. The van der Waals surface area contributed by atoms with E-state index in [-0.39, 0.29) is 23.1 Å². The molecule has 0 radical (unpaired) electrons. The Hall–Kier alpha value is -2.54. The van der Waals surface area contributed by atoms with Crippen molar-refractivity contribution in [2.45, 2.75) is 6.23 Å². The molecule has 7 heteroatoms. The van der Waals surface area contributed by atoms with E-state index in [0.717, 1.165) is 4.90 Å². The first-order valence-electron chi connectivity index (χ1n) is 6.16. The number of carbonyl (C=O) groups is 2. The molecule has 7 nitrogen and oxygen atoms in total. The number of aldehydes is 1. The minimum Gasteiger partial charge on any atom is -0.504 e. The topological polar surface area (TPSA) is 90.3 Å². The van der Waals surface area contributed by atoms with Crippen molar-refractivity contribution in [1.29, 1.82) is 0 Å². The lowest BCUT2D eigenvalue weighted by Gasteiger charge is -2.34. The molecule has 2 N–H and O–H groups in total. The van der Waals surface area contributed by atoms with E-state index in [1.165, 1.54) is 37.4 Å². The molecular weight excluding hydrogens is 276 g/mol. The number of rotatable bonds is 3. The molecule has 1 unspecified atom stereocenters. The van der Waals surface area contributed by atoms with Gasteiger partial charge in [-0.3, -0.25) is 9.69 Å². The third kappa shape index (κ3) is 2.43. The Morgan fingerprint density at radius 3 is 2.57 bits per heavy atom. The van der Waals surface area contributed by atoms with Crippen LogP contribution in [-0.4, -0.2) is 59.8 Å². The molecule has 1 heterocycles. The number of hydrogen-bond donors (Lipinski definition) is 2. The molecular formula is C14H16N2O5. The maximum Gasteiger partial charge on any atom is 0.325 e. The smallest absolute Gasteiger partial charge is 0.325 e. The molecule has 2 amide bonds. The fourth-order valence-corrected chi connectivity index (χ4v) is 2.16. The summed E-state index contributed by atoms with van der Waals surface area (Å²) in [4.78, 5) is 25.2. The number of urea groups is 1. The van der Waals surface area contributed by atoms with Crippen molar-refractivity contribution < 1.29 is 24.5 Å². The standard InChI is InChI=1S/C14H16N2O5/c1-15-6-10(13(19)16(2)14(15)20)8-4-9(7-17)12(18)11(5-8)21-3/h4-7,13,18-19H,1-3H3. The second kappa shape index (κ2) is 5.45. The van der Waals surface area contributed by atoms with Crippen LogP contribution in [-0.2, 0) is 0 Å². The van der Waals surface area contributed by atoms with Gasteiger partial charge in [0.1, 0.15) is 0 Å². The predicted molar refractivity (Wildman–Crippen MR) is 75.0 cm³/mol. The van der Waals surface area contributed by atoms with Crippen molar-refractivity contribution in [2.75, 3.05) is 21.2 Å². The highest BCUT2D eigenvalue weighted by Gasteiger charge is 2.30. The Morgan fingerprint density at radius 1 is 1.33 bits per heavy atom. The molecule has 0 bridgehead atoms. The highest BCUT2D eigenvalue weighted by molar-refractivity contribution is 5.88. The molecule has 1 aliphatic rings. The van der Waals surface area contributed by atoms with Crippen molar-refractivity contribution in [3.63, 3.8) is 0 Å². The van der Waals surface area contributed by atoms with E-state index in [1.54, 1.807) is 7.05 Å². The number of aliphatic hydroxyl groups is 1. The summed E-state index contributed by atoms with van der Waals surface area (Å²) in [7, 11) is 4.39. The van der Waals surface area contributed by atoms with Crippen LogP contribution in [0.4, 0.5) is 4.79 Å². The molecule has 1 aromatic rings. The number of carbonyl (C=O) groups excluding carboxylic acids is 2. The van der Waals surface area contributed by atoms with Crippen molar-refractivity contribution in [3.05, 3.63) is 29.5 Å². The van der Waals surface area contributed by atoms with Gasteiger partial charge in [-0.05, 0) is 17.7 Å². The Balaban J connectivity index is 2.58. The normalized spacial score (nSPS) is 18.6. The summed E-state index contributed by atoms with van der Waals surface area (Å²) in [5.41, 5.74) is 0.936. The molecule has 1 aliphatic heterocycles. The average molecular weight is 292 g/mol. The highest BCUT2D eigenvalue weighted by Crippen LogP contribution is 2.35. The second-order valence-corrected chi connectivity index (χ2v) is 4.70. The summed E-state index contributed by atoms with van der Waals surface area (Å²) in [5, 5.41) is 20.0. The summed E-state index contributed by atoms with van der Waals surface area (Å²) >= 11 is 0. The number of nitrogens with zero attached hydrogens (tertiary/aromatic N) is 2. The number of ether oxygens (including phenoxy) is 1. The lowest BCUT2D eigenvalue weighted by atomic mass is 10.00. The Morgan fingerprint density at radius 2 is 2.00 bits per heavy atom. The predicted octanol–water partition coefficient (Wildman–Crippen LogP) is 0.870. The fraction of sp³-hybridized carbons (Fsp3) is 0.286. The molecule has 0 aromatic heterocycles. The summed E-state index contributed by atoms with van der Waals surface area (Å²) in [6.07, 6.45) is 0.825. The van der Waals surface area contributed by atoms with Gasteiger partial charge in [-0.25, -0.2) is 4.79 Å². The van der Waals surface area contributed by atoms with Gasteiger partial charge in [0.25, 0.3) is 0 Å². The summed E-state index contributed by atoms with van der Waals surface area (Å²) in [6.45, 7) is 0. The highest BCUT2D eigenvalue weighted by atomic mass is 16.5. The van der Waals surface area contributed by atoms with Crippen molar-refractivity contribution >= 4 is 17.9 Å². The van der Waals surface area contributed by atoms with Gasteiger partial charge in [0, 0.05) is 25.9 Å². The molecule has 0 fully saturated rings. The Kier molecular flexibility index (Phi) is 3.86. The number of aromatic hydroxyl groups is 1. The maximum absolute atomic E-state index is 11.7. The second-order valence-electron chi connectivity index (χ2n) is 4.70. The SMILES string of the molecule is COc1cc(C2=CN(C)C(=O)N(C)C2O)cc(C=O)c1O. The third-order valence-electron chi connectivity index (χ3n) is 3.37. The first-order chi connectivity index (χ1) is 9.90. The van der Waals surface area contributed by atoms with E-state index < -0.39 is 6.23 Å². The molecule has 0 saturated carbocycles. The van der Waals surface area contributed by atoms with Gasteiger partial charge in [0.2, 0.25) is 0 Å². The number of hydrogen-bond acceptors (Lipinski definition) is 5. The summed E-state index contributed by atoms with van der Waals surface area (Å²) in [6, 6.07) is 2.57.